The summed E-state index contributed by atoms with van der Waals surface area (Å²) < 4.78 is 20.9. The maximum Gasteiger partial charge on any atom is 0.358 e. The highest BCUT2D eigenvalue weighted by Gasteiger charge is 2.56. The lowest BCUT2D eigenvalue weighted by Crippen LogP contribution is -2.48. The van der Waals surface area contributed by atoms with Gasteiger partial charge in [0.25, 0.3) is 35.4 Å². The highest BCUT2D eigenvalue weighted by molar-refractivity contribution is 6.05. The van der Waals surface area contributed by atoms with Crippen LogP contribution >= 0.6 is 0 Å². The number of carboxylic acid groups (broad SMARTS) is 1. The molecule has 0 bridgehead atoms. The molecular weight excluding hydrogens is 1490 g/mol. The Balaban J connectivity index is 0.000000112. The number of nitrogens with two attached hydrogens (primary N) is 1. The number of carbonyl (C=O) groups is 8. The average Bonchev–Trinajstić information content (AvgIpc) is 1.61. The van der Waals surface area contributed by atoms with E-state index in [-0.39, 0.29) is 88.0 Å². The third-order valence-corrected chi connectivity index (χ3v) is 22.5. The van der Waals surface area contributed by atoms with E-state index in [1.54, 1.807) is 76.1 Å². The highest BCUT2D eigenvalue weighted by atomic mass is 16.5. The molecule has 29 heteroatoms. The molecule has 4 aromatic carbocycles. The molecule has 4 fully saturated rings. The van der Waals surface area contributed by atoms with Crippen molar-refractivity contribution in [3.05, 3.63) is 309 Å². The fraction of sp³-hybridized carbons (Fsp3) is 0.273. The quantitative estimate of drug-likeness (QED) is 0.0637. The zero-order valence-corrected chi connectivity index (χ0v) is 64.2. The first-order chi connectivity index (χ1) is 56.8. The number of carbonyl (C=O) groups excluding carboxylic acids is 7. The minimum atomic E-state index is -1.07. The molecule has 7 amide bonds. The monoisotopic (exact) mass is 1570 g/mol. The van der Waals surface area contributed by atoms with Crippen molar-refractivity contribution in [2.45, 2.75) is 99.2 Å². The summed E-state index contributed by atoms with van der Waals surface area (Å²) in [5.74, 6) is 4.14. The number of nitrogens with zero attached hydrogens (tertiary/aromatic N) is 12. The van der Waals surface area contributed by atoms with Crippen LogP contribution in [0.4, 0.5) is 23.3 Å². The van der Waals surface area contributed by atoms with Gasteiger partial charge in [-0.1, -0.05) is 166 Å². The van der Waals surface area contributed by atoms with Crippen molar-refractivity contribution in [1.82, 2.24) is 56.5 Å². The van der Waals surface area contributed by atoms with Crippen molar-refractivity contribution in [2.75, 3.05) is 47.8 Å². The number of pyridine rings is 4. The lowest BCUT2D eigenvalue weighted by atomic mass is 10.1. The number of hydrogen-bond acceptors (Lipinski definition) is 21. The second-order valence-electron chi connectivity index (χ2n) is 30.3. The molecule has 0 saturated heterocycles. The van der Waals surface area contributed by atoms with Crippen molar-refractivity contribution in [3.63, 3.8) is 0 Å². The van der Waals surface area contributed by atoms with Crippen LogP contribution in [0.25, 0.3) is 0 Å². The first-order valence-corrected chi connectivity index (χ1v) is 38.6. The molecular formula is C88H82N16O13. The van der Waals surface area contributed by atoms with Crippen molar-refractivity contribution in [3.8, 4) is 0 Å². The normalized spacial score (nSPS) is 22.2. The Morgan fingerprint density at radius 3 is 0.880 bits per heavy atom. The Morgan fingerprint density at radius 2 is 0.607 bits per heavy atom. The summed E-state index contributed by atoms with van der Waals surface area (Å²) in [5.41, 5.74) is 15.1. The first-order valence-electron chi connectivity index (χ1n) is 38.6. The molecule has 2 unspecified atom stereocenters. The Morgan fingerprint density at radius 1 is 0.359 bits per heavy atom. The first kappa shape index (κ1) is 77.0. The second-order valence-corrected chi connectivity index (χ2v) is 30.3. The Hall–Kier alpha value is -14.0. The van der Waals surface area contributed by atoms with E-state index in [2.05, 4.69) is 62.6 Å². The van der Waals surface area contributed by atoms with Gasteiger partial charge in [-0.15, -0.1) is 0 Å². The Labute approximate surface area is 671 Å². The molecule has 117 heavy (non-hydrogen) atoms. The summed E-state index contributed by atoms with van der Waals surface area (Å²) in [7, 11) is 6.85. The highest BCUT2D eigenvalue weighted by Crippen LogP contribution is 2.57. The summed E-state index contributed by atoms with van der Waals surface area (Å²) in [4.78, 5) is 123. The number of anilines is 4. The summed E-state index contributed by atoms with van der Waals surface area (Å²) in [6, 6.07) is 59.0. The number of carboxylic acids is 1. The average molecular weight is 1570 g/mol. The van der Waals surface area contributed by atoms with Gasteiger partial charge < -0.3 is 44.9 Å². The molecule has 12 atom stereocenters. The van der Waals surface area contributed by atoms with Crippen molar-refractivity contribution >= 4 is 70.6 Å². The Kier molecular flexibility index (Phi) is 21.9. The molecule has 4 aliphatic heterocycles. The number of rotatable bonds is 15. The molecule has 20 rings (SSSR count). The van der Waals surface area contributed by atoms with Gasteiger partial charge in [-0.25, -0.2) is 24.7 Å². The van der Waals surface area contributed by atoms with Gasteiger partial charge in [0.2, 0.25) is 5.91 Å². The van der Waals surface area contributed by atoms with Crippen molar-refractivity contribution in [1.29, 1.82) is 0 Å². The molecule has 0 spiro atoms. The molecule has 8 aromatic heterocycles. The molecule has 12 aromatic rings. The number of benzene rings is 4. The van der Waals surface area contributed by atoms with E-state index >= 15 is 0 Å². The van der Waals surface area contributed by atoms with Gasteiger partial charge in [0, 0.05) is 103 Å². The second kappa shape index (κ2) is 33.2. The van der Waals surface area contributed by atoms with Gasteiger partial charge in [0.05, 0.1) is 6.04 Å². The smallest absolute Gasteiger partial charge is 0.358 e. The fourth-order valence-electron chi connectivity index (χ4n) is 16.1. The molecule has 4 aliphatic carbocycles. The molecule has 12 heterocycles. The van der Waals surface area contributed by atoms with E-state index in [1.165, 1.54) is 26.3 Å². The van der Waals surface area contributed by atoms with Crippen LogP contribution in [0, 0.1) is 23.7 Å². The van der Waals surface area contributed by atoms with Crippen LogP contribution < -0.4 is 41.3 Å². The van der Waals surface area contributed by atoms with E-state index in [1.807, 2.05) is 164 Å². The van der Waals surface area contributed by atoms with Crippen molar-refractivity contribution < 1.29 is 61.6 Å². The predicted octanol–water partition coefficient (Wildman–Crippen LogP) is 10.1. The van der Waals surface area contributed by atoms with Crippen molar-refractivity contribution in [2.24, 2.45) is 29.4 Å². The zero-order valence-electron chi connectivity index (χ0n) is 64.2. The van der Waals surface area contributed by atoms with E-state index < -0.39 is 41.8 Å². The number of aromatic nitrogens is 8. The van der Waals surface area contributed by atoms with Gasteiger partial charge in [0.15, 0.2) is 22.8 Å². The Bertz CT molecular complexity index is 5270. The lowest BCUT2D eigenvalue weighted by molar-refractivity contribution is -0.121. The van der Waals surface area contributed by atoms with E-state index in [0.29, 0.717) is 78.0 Å². The third kappa shape index (κ3) is 16.9. The lowest BCUT2D eigenvalue weighted by Gasteiger charge is -2.22. The van der Waals surface area contributed by atoms with Crippen LogP contribution in [0.5, 0.6) is 0 Å². The molecule has 29 nitrogen and oxygen atoms in total. The van der Waals surface area contributed by atoms with E-state index in [9.17, 15) is 38.4 Å². The maximum absolute atomic E-state index is 13.0. The van der Waals surface area contributed by atoms with Crippen LogP contribution in [-0.4, -0.2) is 145 Å². The van der Waals surface area contributed by atoms with E-state index in [0.717, 1.165) is 70.4 Å². The topological polar surface area (TPSA) is 388 Å². The predicted molar refractivity (Wildman–Crippen MR) is 426 cm³/mol. The largest absolute Gasteiger partial charge is 0.476 e. The number of fused-ring (bicyclic) bond motifs is 12. The van der Waals surface area contributed by atoms with Crippen LogP contribution in [0.2, 0.25) is 0 Å². The van der Waals surface area contributed by atoms with Gasteiger partial charge in [0.1, 0.15) is 64.4 Å². The van der Waals surface area contributed by atoms with Crippen LogP contribution in [0.15, 0.2) is 237 Å². The summed E-state index contributed by atoms with van der Waals surface area (Å²) in [6.07, 6.45) is 12.6. The summed E-state index contributed by atoms with van der Waals surface area (Å²) >= 11 is 0. The number of likely N-dealkylation sites (N-methyl/N-ethyl adjacent to an activating group) is 4. The van der Waals surface area contributed by atoms with Crippen LogP contribution in [0.1, 0.15) is 159 Å². The minimum absolute atomic E-state index is 0.0139. The maximum atomic E-state index is 13.0. The van der Waals surface area contributed by atoms with Gasteiger partial charge in [-0.05, 0) is 142 Å². The number of aromatic carboxylic acids is 1. The molecule has 4 saturated carbocycles. The molecule has 0 radical (unpaired) electrons. The molecule has 8 aliphatic rings. The molecule has 592 valence electrons. The van der Waals surface area contributed by atoms with Gasteiger partial charge in [-0.3, -0.25) is 53.2 Å². The SMILES string of the molecule is CN1C(=O)[C@@H](N)C2C[C@H]2c2cccnc21.CN1C(=O)[C@@H](NC(=O)c2cc(Cc3ccccc3)on2)C2C[C@H]2c2cccnc21.CN1C(=O)[C@@H](NC(=O)c2cc(Cc3ccccc3)on2)[C@H]2C[C@H]2c2cccnc21.CN1C(=O)[C@H](NC(=O)c2cc(Cc3ccccc3)on2)[C@@H]2C[C@@H]2c2cccnc21.O=C(O)c1cc(Cc2ccccc2)on1. The van der Waals surface area contributed by atoms with Gasteiger partial charge in [-0.2, -0.15) is 0 Å². The third-order valence-electron chi connectivity index (χ3n) is 22.5. The zero-order chi connectivity index (χ0) is 81.1. The van der Waals surface area contributed by atoms with Gasteiger partial charge >= 0.3 is 5.97 Å². The summed E-state index contributed by atoms with van der Waals surface area (Å²) in [5, 5.41) is 32.4. The number of nitrogens with one attached hydrogen (secondary N) is 3. The minimum Gasteiger partial charge on any atom is -0.476 e. The fourth-order valence-corrected chi connectivity index (χ4v) is 16.1. The standard InChI is InChI=1S/3C22H20N4O3.C11H13N3O.C11H9NO3/c3*1-26-20-15(8-5-9-23-20)16-12-17(16)19(22(26)28)24-21(27)18-11-14(29-25-18)10-13-6-3-2-4-7-13;1-14-10-6(3-2-4-13-10)7-5-8(7)9(12)11(14)15;13-11(14)10-7-9(15-12-10)6-8-4-2-1-3-5-8/h3*2-9,11,16-17,19H,10,12H2,1H3,(H,24,27);2-4,7-9H,5,12H2,1H3;1-5,7H,6H2,(H,13,14)/t16-,17?,19-;2*16-,17-,19-;7-,8?,9-;/m0100./s1. The van der Waals surface area contributed by atoms with E-state index in [4.69, 9.17) is 28.9 Å². The van der Waals surface area contributed by atoms with Crippen LogP contribution in [-0.2, 0) is 44.9 Å². The molecule has 6 N–H and O–H groups in total. The number of hydrogen-bond donors (Lipinski definition) is 5. The summed E-state index contributed by atoms with van der Waals surface area (Å²) in [6.45, 7) is 0. The number of amides is 7. The van der Waals surface area contributed by atoms with Crippen LogP contribution in [0.3, 0.4) is 0 Å².